The van der Waals surface area contributed by atoms with Crippen LogP contribution >= 0.6 is 27.5 Å². The van der Waals surface area contributed by atoms with Gasteiger partial charge in [-0.1, -0.05) is 13.8 Å². The first-order chi connectivity index (χ1) is 7.09. The van der Waals surface area contributed by atoms with Crippen LogP contribution in [0.25, 0.3) is 0 Å². The van der Waals surface area contributed by atoms with Crippen LogP contribution in [0.2, 0.25) is 0 Å². The second-order valence-electron chi connectivity index (χ2n) is 3.83. The van der Waals surface area contributed by atoms with Crippen LogP contribution in [0.1, 0.15) is 20.3 Å². The van der Waals surface area contributed by atoms with Gasteiger partial charge in [0.2, 0.25) is 0 Å². The molecule has 0 aliphatic heterocycles. The maximum absolute atomic E-state index is 6.16. The maximum atomic E-state index is 6.16. The Balaban J connectivity index is 2.40. The molecule has 0 spiro atoms. The van der Waals surface area contributed by atoms with E-state index in [2.05, 4.69) is 45.1 Å². The minimum atomic E-state index is 0.131. The molecule has 1 rings (SSSR count). The van der Waals surface area contributed by atoms with Gasteiger partial charge < -0.3 is 5.32 Å². The molecule has 1 aromatic rings. The number of hydrogen-bond acceptors (Lipinski definition) is 3. The van der Waals surface area contributed by atoms with Gasteiger partial charge in [-0.05, 0) is 28.3 Å². The van der Waals surface area contributed by atoms with E-state index in [-0.39, 0.29) is 5.38 Å². The summed E-state index contributed by atoms with van der Waals surface area (Å²) in [6, 6.07) is 0. The van der Waals surface area contributed by atoms with Crippen molar-refractivity contribution in [2.75, 3.05) is 11.9 Å². The van der Waals surface area contributed by atoms with E-state index >= 15 is 0 Å². The molecular formula is C10H15BrClN3. The third kappa shape index (κ3) is 4.80. The van der Waals surface area contributed by atoms with E-state index < -0.39 is 0 Å². The van der Waals surface area contributed by atoms with Crippen LogP contribution in [0.4, 0.5) is 5.82 Å². The van der Waals surface area contributed by atoms with Gasteiger partial charge >= 0.3 is 0 Å². The lowest BCUT2D eigenvalue weighted by Crippen LogP contribution is -2.17. The van der Waals surface area contributed by atoms with E-state index in [4.69, 9.17) is 11.6 Å². The normalized spacial score (nSPS) is 12.9. The molecule has 1 N–H and O–H groups in total. The second-order valence-corrected chi connectivity index (χ2v) is 5.30. The number of nitrogens with zero attached hydrogens (tertiary/aromatic N) is 2. The van der Waals surface area contributed by atoms with Gasteiger partial charge in [-0.2, -0.15) is 0 Å². The van der Waals surface area contributed by atoms with Crippen molar-refractivity contribution in [3.05, 3.63) is 17.0 Å². The summed E-state index contributed by atoms with van der Waals surface area (Å²) in [5.41, 5.74) is 0. The molecule has 5 heteroatoms. The summed E-state index contributed by atoms with van der Waals surface area (Å²) in [7, 11) is 0. The highest BCUT2D eigenvalue weighted by Crippen LogP contribution is 2.18. The molecule has 0 saturated carbocycles. The summed E-state index contributed by atoms with van der Waals surface area (Å²) in [5, 5.41) is 3.32. The summed E-state index contributed by atoms with van der Waals surface area (Å²) in [5.74, 6) is 1.41. The highest BCUT2D eigenvalue weighted by molar-refractivity contribution is 9.10. The Kier molecular flexibility index (Phi) is 5.32. The quantitative estimate of drug-likeness (QED) is 0.846. The molecule has 1 aromatic heterocycles. The van der Waals surface area contributed by atoms with Crippen LogP contribution in [-0.2, 0) is 0 Å². The zero-order chi connectivity index (χ0) is 11.3. The fourth-order valence-corrected chi connectivity index (χ4v) is 2.04. The first-order valence-corrected chi connectivity index (χ1v) is 6.16. The smallest absolute Gasteiger partial charge is 0.143 e. The van der Waals surface area contributed by atoms with Gasteiger partial charge in [0.25, 0.3) is 0 Å². The molecule has 0 radical (unpaired) electrons. The van der Waals surface area contributed by atoms with Crippen molar-refractivity contribution in [3.8, 4) is 0 Å². The molecule has 15 heavy (non-hydrogen) atoms. The molecule has 0 bridgehead atoms. The fraction of sp³-hybridized carbons (Fsp3) is 0.600. The molecule has 0 amide bonds. The molecule has 0 saturated heterocycles. The van der Waals surface area contributed by atoms with E-state index in [1.807, 2.05) is 0 Å². The zero-order valence-electron chi connectivity index (χ0n) is 8.87. The number of hydrogen-bond donors (Lipinski definition) is 1. The Morgan fingerprint density at radius 1 is 1.53 bits per heavy atom. The van der Waals surface area contributed by atoms with Gasteiger partial charge in [0, 0.05) is 12.7 Å². The average molecular weight is 293 g/mol. The number of rotatable bonds is 5. The lowest BCUT2D eigenvalue weighted by Gasteiger charge is -2.13. The summed E-state index contributed by atoms with van der Waals surface area (Å²) >= 11 is 9.52. The number of alkyl halides is 1. The number of aromatic nitrogens is 2. The third-order valence-corrected chi connectivity index (χ3v) is 2.80. The van der Waals surface area contributed by atoms with Crippen LogP contribution in [-0.4, -0.2) is 21.9 Å². The van der Waals surface area contributed by atoms with E-state index in [0.29, 0.717) is 5.92 Å². The lowest BCUT2D eigenvalue weighted by molar-refractivity contribution is 0.572. The van der Waals surface area contributed by atoms with Gasteiger partial charge in [-0.3, -0.25) is 0 Å². The predicted octanol–water partition coefficient (Wildman–Crippen LogP) is 3.30. The van der Waals surface area contributed by atoms with Gasteiger partial charge in [0.15, 0.2) is 0 Å². The van der Waals surface area contributed by atoms with Crippen LogP contribution in [0, 0.1) is 5.92 Å². The predicted molar refractivity (Wildman–Crippen MR) is 67.3 cm³/mol. The van der Waals surface area contributed by atoms with Gasteiger partial charge in [0.05, 0.1) is 9.85 Å². The van der Waals surface area contributed by atoms with Crippen molar-refractivity contribution in [2.45, 2.75) is 25.6 Å². The highest BCUT2D eigenvalue weighted by Gasteiger charge is 2.08. The standard InChI is InChI=1S/C10H15BrClN3/c1-7(2)3-8(12)4-14-10-9(11)5-13-6-15-10/h5-8H,3-4H2,1-2H3,(H,13,14,15). The van der Waals surface area contributed by atoms with Crippen molar-refractivity contribution in [1.82, 2.24) is 9.97 Å². The zero-order valence-corrected chi connectivity index (χ0v) is 11.2. The van der Waals surface area contributed by atoms with Crippen molar-refractivity contribution in [3.63, 3.8) is 0 Å². The summed E-state index contributed by atoms with van der Waals surface area (Å²) in [4.78, 5) is 7.99. The van der Waals surface area contributed by atoms with E-state index in [1.165, 1.54) is 6.33 Å². The minimum absolute atomic E-state index is 0.131. The minimum Gasteiger partial charge on any atom is -0.368 e. The first-order valence-electron chi connectivity index (χ1n) is 4.93. The van der Waals surface area contributed by atoms with Crippen molar-refractivity contribution >= 4 is 33.3 Å². The number of anilines is 1. The van der Waals surface area contributed by atoms with Crippen molar-refractivity contribution < 1.29 is 0 Å². The molecular weight excluding hydrogens is 277 g/mol. The molecule has 1 heterocycles. The van der Waals surface area contributed by atoms with Crippen LogP contribution in [0.15, 0.2) is 17.0 Å². The van der Waals surface area contributed by atoms with E-state index in [9.17, 15) is 0 Å². The molecule has 0 aromatic carbocycles. The molecule has 0 aliphatic carbocycles. The number of nitrogens with one attached hydrogen (secondary N) is 1. The molecule has 84 valence electrons. The van der Waals surface area contributed by atoms with Crippen molar-refractivity contribution in [1.29, 1.82) is 0 Å². The van der Waals surface area contributed by atoms with Crippen LogP contribution < -0.4 is 5.32 Å². The average Bonchev–Trinajstić information content (AvgIpc) is 2.15. The van der Waals surface area contributed by atoms with Crippen LogP contribution in [0.3, 0.4) is 0 Å². The topological polar surface area (TPSA) is 37.8 Å². The SMILES string of the molecule is CC(C)CC(Cl)CNc1ncncc1Br. The molecule has 0 aliphatic rings. The summed E-state index contributed by atoms with van der Waals surface area (Å²) in [6.07, 6.45) is 4.22. The first kappa shape index (κ1) is 12.7. The number of halogens is 2. The Hall–Kier alpha value is -0.350. The Bertz CT molecular complexity index is 306. The second kappa shape index (κ2) is 6.28. The Morgan fingerprint density at radius 3 is 2.87 bits per heavy atom. The Morgan fingerprint density at radius 2 is 2.27 bits per heavy atom. The van der Waals surface area contributed by atoms with E-state index in [0.717, 1.165) is 23.3 Å². The lowest BCUT2D eigenvalue weighted by atomic mass is 10.1. The largest absolute Gasteiger partial charge is 0.368 e. The molecule has 0 fully saturated rings. The van der Waals surface area contributed by atoms with E-state index in [1.54, 1.807) is 6.20 Å². The summed E-state index contributed by atoms with van der Waals surface area (Å²) < 4.78 is 0.860. The fourth-order valence-electron chi connectivity index (χ4n) is 1.24. The van der Waals surface area contributed by atoms with Gasteiger partial charge in [-0.25, -0.2) is 9.97 Å². The third-order valence-electron chi connectivity index (χ3n) is 1.89. The molecule has 1 atom stereocenters. The van der Waals surface area contributed by atoms with Gasteiger partial charge in [0.1, 0.15) is 12.1 Å². The van der Waals surface area contributed by atoms with Gasteiger partial charge in [-0.15, -0.1) is 11.6 Å². The monoisotopic (exact) mass is 291 g/mol. The summed E-state index contributed by atoms with van der Waals surface area (Å²) in [6.45, 7) is 5.04. The Labute approximate surface area is 104 Å². The van der Waals surface area contributed by atoms with Crippen LogP contribution in [0.5, 0.6) is 0 Å². The maximum Gasteiger partial charge on any atom is 0.143 e. The van der Waals surface area contributed by atoms with Crippen molar-refractivity contribution in [2.24, 2.45) is 5.92 Å². The highest BCUT2D eigenvalue weighted by atomic mass is 79.9. The molecule has 1 unspecified atom stereocenters. The molecule has 3 nitrogen and oxygen atoms in total.